The van der Waals surface area contributed by atoms with Crippen LogP contribution in [0.25, 0.3) is 9.30 Å². The van der Waals surface area contributed by atoms with Gasteiger partial charge in [-0.1, -0.05) is 112 Å². The summed E-state index contributed by atoms with van der Waals surface area (Å²) in [7, 11) is -4.42. The van der Waals surface area contributed by atoms with E-state index in [1.54, 1.807) is 0 Å². The van der Waals surface area contributed by atoms with Crippen molar-refractivity contribution in [2.45, 2.75) is 78.6 Å². The van der Waals surface area contributed by atoms with Crippen LogP contribution in [0.5, 0.6) is 0 Å². The van der Waals surface area contributed by atoms with Crippen LogP contribution in [0.15, 0.2) is 0 Å². The average molecular weight is 465 g/mol. The molecule has 19 heavy (non-hydrogen) atoms. The van der Waals surface area contributed by atoms with Gasteiger partial charge in [0.15, 0.2) is 0 Å². The molecule has 0 aliphatic rings. The largest absolute Gasteiger partial charge is 0.668 e. The Morgan fingerprint density at radius 1 is 0.368 bits per heavy atom. The van der Waals surface area contributed by atoms with E-state index in [-0.39, 0.29) is 40.8 Å². The molecule has 0 rings (SSSR count). The quantitative estimate of drug-likeness (QED) is 0.452. The Morgan fingerprint density at radius 2 is 0.474 bits per heavy atom. The van der Waals surface area contributed by atoms with Gasteiger partial charge in [-0.05, 0) is 0 Å². The minimum absolute atomic E-state index is 0. The third-order valence-electron chi connectivity index (χ3n) is 1.34. The maximum absolute atomic E-state index is 4.82. The van der Waals surface area contributed by atoms with Gasteiger partial charge in [-0.3, -0.25) is 0 Å². The molecule has 0 amide bonds. The van der Waals surface area contributed by atoms with Crippen molar-refractivity contribution < 1.29 is 40.8 Å². The van der Waals surface area contributed by atoms with Crippen molar-refractivity contribution in [1.82, 2.24) is 0 Å². The van der Waals surface area contributed by atoms with Gasteiger partial charge >= 0.3 is 0 Å². The van der Waals surface area contributed by atoms with Crippen molar-refractivity contribution in [2.24, 2.45) is 0 Å². The van der Waals surface area contributed by atoms with Gasteiger partial charge in [0.1, 0.15) is 0 Å². The van der Waals surface area contributed by atoms with Crippen LogP contribution < -0.4 is 0 Å². The molecule has 0 saturated heterocycles. The molecule has 0 atom stereocenters. The van der Waals surface area contributed by atoms with Crippen molar-refractivity contribution in [2.75, 3.05) is 0 Å². The summed E-state index contributed by atoms with van der Waals surface area (Å²) in [6, 6.07) is 0. The molecule has 0 aliphatic carbocycles. The van der Waals surface area contributed by atoms with Crippen LogP contribution in [-0.4, -0.2) is 32.9 Å². The van der Waals surface area contributed by atoms with E-state index in [1.165, 1.54) is 0 Å². The molecule has 7 heteroatoms. The van der Waals surface area contributed by atoms with Gasteiger partial charge in [0.05, 0.1) is 0 Å². The van der Waals surface area contributed by atoms with E-state index in [0.29, 0.717) is 0 Å². The van der Waals surface area contributed by atoms with E-state index in [0.717, 1.165) is 0 Å². The van der Waals surface area contributed by atoms with Crippen LogP contribution in [-0.2, 0) is 0 Å². The molecule has 0 aromatic carbocycles. The monoisotopic (exact) mass is 462 g/mol. The Morgan fingerprint density at radius 3 is 0.474 bits per heavy atom. The fourth-order valence-electron chi connectivity index (χ4n) is 2.01. The molecule has 116 valence electrons. The van der Waals surface area contributed by atoms with Gasteiger partial charge < -0.3 is 9.30 Å². The van der Waals surface area contributed by atoms with E-state index in [1.807, 2.05) is 0 Å². The topological polar surface area (TPSA) is 28.2 Å². The van der Waals surface area contributed by atoms with Gasteiger partial charge in [0.25, 0.3) is 0 Å². The summed E-state index contributed by atoms with van der Waals surface area (Å²) in [5, 5.41) is 0. The third kappa shape index (κ3) is 33.1. The second-order valence-electron chi connectivity index (χ2n) is 8.91. The summed E-state index contributed by atoms with van der Waals surface area (Å²) in [4.78, 5) is 0. The molecule has 2 nitrogen and oxygen atoms in total. The first-order valence-corrected chi connectivity index (χ1v) is 20.7. The van der Waals surface area contributed by atoms with Gasteiger partial charge in [0, 0.05) is 40.8 Å². The summed E-state index contributed by atoms with van der Waals surface area (Å²) in [5.41, 5.74) is 0. The Kier molecular flexibility index (Phi) is 12.8. The van der Waals surface area contributed by atoms with Crippen LogP contribution >= 0.6 is 0 Å². The van der Waals surface area contributed by atoms with E-state index in [9.17, 15) is 0 Å². The Labute approximate surface area is 160 Å². The first-order valence-electron chi connectivity index (χ1n) is 6.89. The van der Waals surface area contributed by atoms with Crippen molar-refractivity contribution in [1.29, 1.82) is 0 Å². The normalized spacial score (nSPS) is 13.3. The third-order valence-corrected chi connectivity index (χ3v) is 12.1. The Bertz CT molecular complexity index is 184. The van der Waals surface area contributed by atoms with Gasteiger partial charge in [-0.25, -0.2) is 0 Å². The van der Waals surface area contributed by atoms with Crippen LogP contribution in [0.2, 0.25) is 78.6 Å². The number of hydrogen-bond donors (Lipinski definition) is 0. The number of rotatable bonds is 4. The SMILES string of the molecule is C[Si](C)(C)[N-][Si](C)(C)C.C[Si](C)(C)[N-][Si](C)(C)C.[Nd]. The fourth-order valence-corrected chi connectivity index (χ4v) is 18.1. The molecule has 0 aromatic heterocycles. The Balaban J connectivity index is -0.000000256. The second-order valence-corrected chi connectivity index (χ2v) is 28.1. The molecule has 0 aromatic rings. The standard InChI is InChI=1S/2C6H18NSi2.Nd/c2*1-8(2,3)7-9(4,5)6;/h2*1-6H3;/q2*-1;. The number of hydrogen-bond acceptors (Lipinski definition) is 0. The Hall–Kier alpha value is 2.14. The molecular formula is C12H36N2NdSi4-2. The molecular weight excluding hydrogens is 429 g/mol. The smallest absolute Gasteiger partial charge is 0 e. The van der Waals surface area contributed by atoms with Crippen LogP contribution in [0.3, 0.4) is 0 Å². The fraction of sp³-hybridized carbons (Fsp3) is 1.00. The first-order chi connectivity index (χ1) is 7.41. The van der Waals surface area contributed by atoms with Crippen molar-refractivity contribution in [3.8, 4) is 0 Å². The van der Waals surface area contributed by atoms with Crippen molar-refractivity contribution >= 4 is 32.9 Å². The molecule has 0 unspecified atom stereocenters. The zero-order valence-corrected chi connectivity index (χ0v) is 22.6. The molecule has 0 heterocycles. The van der Waals surface area contributed by atoms with Crippen LogP contribution in [0.1, 0.15) is 0 Å². The summed E-state index contributed by atoms with van der Waals surface area (Å²) < 4.78 is 9.64. The summed E-state index contributed by atoms with van der Waals surface area (Å²) in [6.07, 6.45) is 0. The zero-order chi connectivity index (χ0) is 15.4. The van der Waals surface area contributed by atoms with Gasteiger partial charge in [0.2, 0.25) is 0 Å². The van der Waals surface area contributed by atoms with E-state index < -0.39 is 32.9 Å². The summed E-state index contributed by atoms with van der Waals surface area (Å²) >= 11 is 0. The minimum Gasteiger partial charge on any atom is -0.668 e. The van der Waals surface area contributed by atoms with E-state index in [4.69, 9.17) is 9.30 Å². The van der Waals surface area contributed by atoms with E-state index >= 15 is 0 Å². The van der Waals surface area contributed by atoms with Crippen molar-refractivity contribution in [3.05, 3.63) is 9.30 Å². The molecule has 0 N–H and O–H groups in total. The molecule has 0 fully saturated rings. The molecule has 0 saturated carbocycles. The zero-order valence-electron chi connectivity index (χ0n) is 15.4. The second kappa shape index (κ2) is 9.32. The minimum atomic E-state index is -1.11. The van der Waals surface area contributed by atoms with Crippen LogP contribution in [0, 0.1) is 40.8 Å². The van der Waals surface area contributed by atoms with E-state index in [2.05, 4.69) is 78.6 Å². The van der Waals surface area contributed by atoms with Crippen LogP contribution in [0.4, 0.5) is 0 Å². The maximum Gasteiger partial charge on any atom is 0 e. The molecule has 0 aliphatic heterocycles. The number of nitrogens with zero attached hydrogens (tertiary/aromatic N) is 2. The molecule has 0 radical (unpaired) electrons. The molecule has 0 bridgehead atoms. The average Bonchev–Trinajstić information content (AvgIpc) is 1.64. The van der Waals surface area contributed by atoms with Gasteiger partial charge in [-0.15, -0.1) is 0 Å². The summed E-state index contributed by atoms with van der Waals surface area (Å²) in [5.74, 6) is 0. The predicted octanol–water partition coefficient (Wildman–Crippen LogP) is 6.06. The summed E-state index contributed by atoms with van der Waals surface area (Å²) in [6.45, 7) is 27.6. The molecule has 0 spiro atoms. The van der Waals surface area contributed by atoms with Gasteiger partial charge in [-0.2, -0.15) is 0 Å². The predicted molar refractivity (Wildman–Crippen MR) is 100 cm³/mol. The maximum atomic E-state index is 4.82. The first kappa shape index (κ1) is 26.1. The van der Waals surface area contributed by atoms with Crippen molar-refractivity contribution in [3.63, 3.8) is 0 Å².